The average Bonchev–Trinajstić information content (AvgIpc) is 2.05. The Hall–Kier alpha value is -1.33. The number of rotatable bonds is 1. The summed E-state index contributed by atoms with van der Waals surface area (Å²) >= 11 is 0. The summed E-state index contributed by atoms with van der Waals surface area (Å²) in [5, 5.41) is 0. The molecule has 0 bridgehead atoms. The minimum absolute atomic E-state index is 0.374. The molecule has 0 aromatic carbocycles. The molecule has 0 aliphatic carbocycles. The van der Waals surface area contributed by atoms with Crippen molar-refractivity contribution in [2.75, 3.05) is 0 Å². The summed E-state index contributed by atoms with van der Waals surface area (Å²) < 4.78 is 0. The van der Waals surface area contributed by atoms with Crippen molar-refractivity contribution in [1.29, 1.82) is 0 Å². The number of pyridine rings is 1. The van der Waals surface area contributed by atoms with E-state index < -0.39 is 0 Å². The van der Waals surface area contributed by atoms with E-state index in [9.17, 15) is 0 Å². The van der Waals surface area contributed by atoms with Gasteiger partial charge in [-0.2, -0.15) is 0 Å². The van der Waals surface area contributed by atoms with Crippen LogP contribution in [-0.2, 0) is 0 Å². The van der Waals surface area contributed by atoms with Crippen molar-refractivity contribution < 1.29 is 0 Å². The van der Waals surface area contributed by atoms with Crippen molar-refractivity contribution >= 4 is 0 Å². The van der Waals surface area contributed by atoms with Gasteiger partial charge >= 0.3 is 0 Å². The Morgan fingerprint density at radius 3 is 2.90 bits per heavy atom. The molecule has 1 aromatic rings. The van der Waals surface area contributed by atoms with Gasteiger partial charge in [-0.3, -0.25) is 4.98 Å². The Morgan fingerprint density at radius 1 is 1.60 bits per heavy atom. The smallest absolute Gasteiger partial charge is 0.109 e. The molecule has 2 N–H and O–H groups in total. The Kier molecular flexibility index (Phi) is 2.03. The molecule has 1 atom stereocenters. The molecule has 0 fully saturated rings. The predicted molar refractivity (Wildman–Crippen MR) is 40.0 cm³/mol. The summed E-state index contributed by atoms with van der Waals surface area (Å²) in [5.41, 5.74) is 6.24. The molecule has 1 aromatic heterocycles. The summed E-state index contributed by atoms with van der Waals surface area (Å²) in [6, 6.07) is 5.12. The molecule has 0 saturated heterocycles. The lowest BCUT2D eigenvalue weighted by atomic mass is 10.2. The third-order valence-electron chi connectivity index (χ3n) is 1.19. The third-order valence-corrected chi connectivity index (χ3v) is 1.19. The summed E-state index contributed by atoms with van der Waals surface area (Å²) in [6.07, 6.45) is 6.76. The first-order chi connectivity index (χ1) is 4.84. The highest BCUT2D eigenvalue weighted by Gasteiger charge is 1.99. The van der Waals surface area contributed by atoms with Crippen LogP contribution in [-0.4, -0.2) is 4.98 Å². The van der Waals surface area contributed by atoms with Gasteiger partial charge in [-0.1, -0.05) is 12.0 Å². The van der Waals surface area contributed by atoms with Gasteiger partial charge < -0.3 is 5.73 Å². The lowest BCUT2D eigenvalue weighted by Crippen LogP contribution is -2.08. The van der Waals surface area contributed by atoms with Crippen LogP contribution in [0.15, 0.2) is 24.4 Å². The molecule has 1 heterocycles. The van der Waals surface area contributed by atoms with Crippen molar-refractivity contribution in [2.45, 2.75) is 6.04 Å². The van der Waals surface area contributed by atoms with Crippen molar-refractivity contribution in [3.8, 4) is 12.3 Å². The maximum absolute atomic E-state index is 5.50. The first-order valence-electron chi connectivity index (χ1n) is 2.97. The molecule has 0 saturated carbocycles. The molecule has 10 heavy (non-hydrogen) atoms. The zero-order chi connectivity index (χ0) is 7.40. The fraction of sp³-hybridized carbons (Fsp3) is 0.125. The van der Waals surface area contributed by atoms with Gasteiger partial charge in [0.25, 0.3) is 0 Å². The van der Waals surface area contributed by atoms with Crippen molar-refractivity contribution in [3.63, 3.8) is 0 Å². The molecule has 1 rings (SSSR count). The van der Waals surface area contributed by atoms with Crippen LogP contribution in [0.5, 0.6) is 0 Å². The maximum atomic E-state index is 5.50. The number of hydrogen-bond donors (Lipinski definition) is 1. The number of hydrogen-bond acceptors (Lipinski definition) is 2. The zero-order valence-electron chi connectivity index (χ0n) is 5.49. The first-order valence-corrected chi connectivity index (χ1v) is 2.97. The molecule has 2 nitrogen and oxygen atoms in total. The highest BCUT2D eigenvalue weighted by atomic mass is 14.7. The normalized spacial score (nSPS) is 12.0. The fourth-order valence-electron chi connectivity index (χ4n) is 0.645. The Morgan fingerprint density at radius 2 is 2.40 bits per heavy atom. The Balaban J connectivity index is 2.88. The fourth-order valence-corrected chi connectivity index (χ4v) is 0.645. The Labute approximate surface area is 60.1 Å². The average molecular weight is 132 g/mol. The number of nitrogens with zero attached hydrogens (tertiary/aromatic N) is 1. The van der Waals surface area contributed by atoms with Crippen LogP contribution in [0.3, 0.4) is 0 Å². The van der Waals surface area contributed by atoms with E-state index in [1.54, 1.807) is 6.20 Å². The number of terminal acetylenes is 1. The lowest BCUT2D eigenvalue weighted by Gasteiger charge is -2.00. The van der Waals surface area contributed by atoms with Crippen molar-refractivity contribution in [2.24, 2.45) is 5.73 Å². The van der Waals surface area contributed by atoms with Gasteiger partial charge in [-0.25, -0.2) is 0 Å². The van der Waals surface area contributed by atoms with Crippen LogP contribution in [0.1, 0.15) is 11.7 Å². The van der Waals surface area contributed by atoms with E-state index in [0.29, 0.717) is 0 Å². The van der Waals surface area contributed by atoms with Crippen molar-refractivity contribution in [3.05, 3.63) is 30.1 Å². The minimum atomic E-state index is -0.374. The molecule has 0 aliphatic heterocycles. The molecule has 0 spiro atoms. The highest BCUT2D eigenvalue weighted by Crippen LogP contribution is 2.02. The summed E-state index contributed by atoms with van der Waals surface area (Å²) in [6.45, 7) is 0. The molecule has 0 radical (unpaired) electrons. The highest BCUT2D eigenvalue weighted by molar-refractivity contribution is 5.16. The van der Waals surface area contributed by atoms with E-state index in [1.807, 2.05) is 18.2 Å². The largest absolute Gasteiger partial charge is 0.313 e. The lowest BCUT2D eigenvalue weighted by molar-refractivity contribution is 0.891. The van der Waals surface area contributed by atoms with E-state index in [1.165, 1.54) is 0 Å². The predicted octanol–water partition coefficient (Wildman–Crippen LogP) is 0.715. The second-order valence-electron chi connectivity index (χ2n) is 1.90. The van der Waals surface area contributed by atoms with Crippen LogP contribution in [0.4, 0.5) is 0 Å². The van der Waals surface area contributed by atoms with Crippen LogP contribution < -0.4 is 5.73 Å². The zero-order valence-corrected chi connectivity index (χ0v) is 5.49. The Bertz CT molecular complexity index is 235. The van der Waals surface area contributed by atoms with E-state index in [2.05, 4.69) is 10.9 Å². The van der Waals surface area contributed by atoms with Gasteiger partial charge in [-0.05, 0) is 12.1 Å². The van der Waals surface area contributed by atoms with Gasteiger partial charge in [0.15, 0.2) is 0 Å². The standard InChI is InChI=1S/C8H8N2/c1-2-7(9)8-5-3-4-6-10-8/h1,3-7H,9H2. The second kappa shape index (κ2) is 3.00. The van der Waals surface area contributed by atoms with Crippen molar-refractivity contribution in [1.82, 2.24) is 4.98 Å². The summed E-state index contributed by atoms with van der Waals surface area (Å²) in [4.78, 5) is 3.98. The van der Waals surface area contributed by atoms with Gasteiger partial charge in [0.2, 0.25) is 0 Å². The van der Waals surface area contributed by atoms with Crippen LogP contribution in [0.25, 0.3) is 0 Å². The SMILES string of the molecule is C#CC(N)c1ccccn1. The van der Waals surface area contributed by atoms with E-state index in [4.69, 9.17) is 12.2 Å². The van der Waals surface area contributed by atoms with E-state index in [0.717, 1.165) is 5.69 Å². The van der Waals surface area contributed by atoms with Gasteiger partial charge in [0, 0.05) is 6.20 Å². The molecule has 0 amide bonds. The molecule has 2 heteroatoms. The molecule has 0 aliphatic rings. The number of aromatic nitrogens is 1. The van der Waals surface area contributed by atoms with Gasteiger partial charge in [0.1, 0.15) is 6.04 Å². The summed E-state index contributed by atoms with van der Waals surface area (Å²) in [7, 11) is 0. The molecular formula is C8H8N2. The number of nitrogens with two attached hydrogens (primary N) is 1. The molecule has 50 valence electrons. The monoisotopic (exact) mass is 132 g/mol. The van der Waals surface area contributed by atoms with E-state index in [-0.39, 0.29) is 6.04 Å². The molecule has 1 unspecified atom stereocenters. The second-order valence-corrected chi connectivity index (χ2v) is 1.90. The van der Waals surface area contributed by atoms with Crippen LogP contribution in [0.2, 0.25) is 0 Å². The first kappa shape index (κ1) is 6.79. The van der Waals surface area contributed by atoms with Crippen LogP contribution in [0, 0.1) is 12.3 Å². The maximum Gasteiger partial charge on any atom is 0.109 e. The third kappa shape index (κ3) is 1.34. The van der Waals surface area contributed by atoms with Gasteiger partial charge in [0.05, 0.1) is 5.69 Å². The van der Waals surface area contributed by atoms with Crippen LogP contribution >= 0.6 is 0 Å². The van der Waals surface area contributed by atoms with E-state index >= 15 is 0 Å². The van der Waals surface area contributed by atoms with Gasteiger partial charge in [-0.15, -0.1) is 6.42 Å². The topological polar surface area (TPSA) is 38.9 Å². The quantitative estimate of drug-likeness (QED) is 0.572. The minimum Gasteiger partial charge on any atom is -0.313 e. The summed E-state index contributed by atoms with van der Waals surface area (Å²) in [5.74, 6) is 2.40. The molecular weight excluding hydrogens is 124 g/mol.